The van der Waals surface area contributed by atoms with Crippen LogP contribution >= 0.6 is 12.6 Å². The van der Waals surface area contributed by atoms with E-state index in [1.54, 1.807) is 44.8 Å². The fourth-order valence-electron chi connectivity index (χ4n) is 3.80. The van der Waals surface area contributed by atoms with Crippen LogP contribution < -0.4 is 4.74 Å². The van der Waals surface area contributed by atoms with Gasteiger partial charge < -0.3 is 9.47 Å². The molecule has 174 valence electrons. The molecule has 0 saturated carbocycles. The van der Waals surface area contributed by atoms with E-state index in [9.17, 15) is 9.59 Å². The average Bonchev–Trinajstić information content (AvgIpc) is 3.29. The number of hydrogen-bond acceptors (Lipinski definition) is 6. The van der Waals surface area contributed by atoms with Gasteiger partial charge in [-0.2, -0.15) is 5.10 Å². The van der Waals surface area contributed by atoms with E-state index in [0.717, 1.165) is 22.6 Å². The Hall–Kier alpha value is -3.06. The average molecular weight is 467 g/mol. The molecule has 1 unspecified atom stereocenters. The van der Waals surface area contributed by atoms with Crippen molar-refractivity contribution in [2.24, 2.45) is 5.41 Å². The summed E-state index contributed by atoms with van der Waals surface area (Å²) in [6.07, 6.45) is 2.13. The lowest BCUT2D eigenvalue weighted by Crippen LogP contribution is -2.48. The van der Waals surface area contributed by atoms with E-state index < -0.39 is 16.1 Å². The van der Waals surface area contributed by atoms with Crippen molar-refractivity contribution in [3.8, 4) is 11.4 Å². The Labute approximate surface area is 200 Å². The number of Topliss-reactive ketones (excluding diaryl/α,β-unsaturated/α-hetero) is 1. The third kappa shape index (κ3) is 5.14. The second kappa shape index (κ2) is 9.83. The minimum Gasteiger partial charge on any atom is -0.497 e. The molecule has 2 aromatic carbocycles. The summed E-state index contributed by atoms with van der Waals surface area (Å²) in [5.74, 6) is -0.364. The minimum atomic E-state index is -1.85. The van der Waals surface area contributed by atoms with Crippen LogP contribution in [-0.2, 0) is 25.5 Å². The van der Waals surface area contributed by atoms with Gasteiger partial charge in [-0.3, -0.25) is 4.79 Å². The lowest BCUT2D eigenvalue weighted by molar-refractivity contribution is -0.152. The molecule has 3 rings (SSSR count). The molecule has 0 bridgehead atoms. The van der Waals surface area contributed by atoms with Crippen molar-refractivity contribution in [1.82, 2.24) is 9.78 Å². The van der Waals surface area contributed by atoms with Crippen molar-refractivity contribution in [2.75, 3.05) is 13.7 Å². The van der Waals surface area contributed by atoms with E-state index in [0.29, 0.717) is 6.42 Å². The molecule has 0 saturated heterocycles. The van der Waals surface area contributed by atoms with Gasteiger partial charge in [-0.1, -0.05) is 38.1 Å². The summed E-state index contributed by atoms with van der Waals surface area (Å²) in [4.78, 5) is 27.0. The molecule has 6 nitrogen and oxygen atoms in total. The van der Waals surface area contributed by atoms with Gasteiger partial charge in [0.25, 0.3) is 0 Å². The maximum Gasteiger partial charge on any atom is 0.336 e. The number of carbonyl (C=O) groups excluding carboxylic acids is 2. The predicted octanol–water partition coefficient (Wildman–Crippen LogP) is 4.72. The molecule has 33 heavy (non-hydrogen) atoms. The largest absolute Gasteiger partial charge is 0.497 e. The smallest absolute Gasteiger partial charge is 0.336 e. The molecule has 3 aromatic rings. The summed E-state index contributed by atoms with van der Waals surface area (Å²) < 4.78 is 10.3. The van der Waals surface area contributed by atoms with E-state index >= 15 is 0 Å². The Kier molecular flexibility index (Phi) is 7.32. The highest BCUT2D eigenvalue weighted by molar-refractivity contribution is 7.83. The van der Waals surface area contributed by atoms with Crippen molar-refractivity contribution in [2.45, 2.75) is 38.9 Å². The van der Waals surface area contributed by atoms with Crippen LogP contribution in [0.3, 0.4) is 0 Å². The zero-order chi connectivity index (χ0) is 24.2. The molecule has 0 aliphatic rings. The van der Waals surface area contributed by atoms with Crippen molar-refractivity contribution in [3.05, 3.63) is 77.6 Å². The molecular formula is C26H30N2O4S. The van der Waals surface area contributed by atoms with Gasteiger partial charge in [-0.15, -0.1) is 12.6 Å². The summed E-state index contributed by atoms with van der Waals surface area (Å²) >= 11 is 4.65. The monoisotopic (exact) mass is 466 g/mol. The zero-order valence-electron chi connectivity index (χ0n) is 19.7. The molecule has 0 spiro atoms. The molecule has 0 N–H and O–H groups in total. The molecule has 1 heterocycles. The second-order valence-corrected chi connectivity index (χ2v) is 9.32. The Morgan fingerprint density at radius 3 is 2.39 bits per heavy atom. The van der Waals surface area contributed by atoms with Crippen LogP contribution in [0.1, 0.15) is 37.6 Å². The maximum atomic E-state index is 13.9. The number of nitrogens with zero attached hydrogens (tertiary/aromatic N) is 2. The highest BCUT2D eigenvalue weighted by atomic mass is 32.1. The zero-order valence-corrected chi connectivity index (χ0v) is 20.6. The number of hydrogen-bond donors (Lipinski definition) is 1. The van der Waals surface area contributed by atoms with Gasteiger partial charge in [-0.05, 0) is 61.7 Å². The van der Waals surface area contributed by atoms with Gasteiger partial charge in [0.2, 0.25) is 4.75 Å². The van der Waals surface area contributed by atoms with Gasteiger partial charge in [0.05, 0.1) is 25.1 Å². The summed E-state index contributed by atoms with van der Waals surface area (Å²) in [5.41, 5.74) is 2.16. The van der Waals surface area contributed by atoms with Crippen molar-refractivity contribution in [3.63, 3.8) is 0 Å². The molecule has 1 atom stereocenters. The standard InChI is InChI=1S/C26H30N2O4S/c1-6-32-24(30)26(33,22-14-15-28(27-22)20-9-7-8-18(2)16-20)23(29)25(3,4)17-19-10-12-21(31-5)13-11-19/h7-16,33H,6,17H2,1-5H3. The van der Waals surface area contributed by atoms with Gasteiger partial charge in [0, 0.05) is 11.6 Å². The minimum absolute atomic E-state index is 0.131. The van der Waals surface area contributed by atoms with Gasteiger partial charge in [0.15, 0.2) is 5.78 Å². The first-order valence-corrected chi connectivity index (χ1v) is 11.3. The Bertz CT molecular complexity index is 1140. The molecule has 0 aliphatic carbocycles. The first-order valence-electron chi connectivity index (χ1n) is 10.8. The molecule has 1 aromatic heterocycles. The summed E-state index contributed by atoms with van der Waals surface area (Å²) in [6, 6.07) is 16.9. The fraction of sp³-hybridized carbons (Fsp3) is 0.346. The lowest BCUT2D eigenvalue weighted by atomic mass is 9.75. The first-order chi connectivity index (χ1) is 15.6. The van der Waals surface area contributed by atoms with Crippen LogP contribution in [0.5, 0.6) is 5.75 Å². The SMILES string of the molecule is CCOC(=O)C(S)(C(=O)C(C)(C)Cc1ccc(OC)cc1)c1ccn(-c2cccc(C)c2)n1. The maximum absolute atomic E-state index is 13.9. The van der Waals surface area contributed by atoms with Crippen molar-refractivity contribution >= 4 is 24.4 Å². The number of aromatic nitrogens is 2. The van der Waals surface area contributed by atoms with Crippen LogP contribution in [-0.4, -0.2) is 35.2 Å². The molecule has 0 aliphatic heterocycles. The van der Waals surface area contributed by atoms with Crippen LogP contribution in [0.2, 0.25) is 0 Å². The normalized spacial score (nSPS) is 13.3. The van der Waals surface area contributed by atoms with Crippen molar-refractivity contribution in [1.29, 1.82) is 0 Å². The van der Waals surface area contributed by atoms with E-state index in [4.69, 9.17) is 9.47 Å². The molecular weight excluding hydrogens is 436 g/mol. The van der Waals surface area contributed by atoms with E-state index in [1.807, 2.05) is 55.5 Å². The van der Waals surface area contributed by atoms with E-state index in [1.165, 1.54) is 0 Å². The fourth-order valence-corrected chi connectivity index (χ4v) is 4.29. The number of rotatable bonds is 9. The molecule has 0 fully saturated rings. The van der Waals surface area contributed by atoms with Gasteiger partial charge in [-0.25, -0.2) is 9.48 Å². The second-order valence-electron chi connectivity index (χ2n) is 8.65. The predicted molar refractivity (Wildman–Crippen MR) is 131 cm³/mol. The highest BCUT2D eigenvalue weighted by Gasteiger charge is 2.53. The van der Waals surface area contributed by atoms with Crippen LogP contribution in [0.25, 0.3) is 5.69 Å². The van der Waals surface area contributed by atoms with Gasteiger partial charge >= 0.3 is 5.97 Å². The quantitative estimate of drug-likeness (QED) is 0.281. The molecule has 0 radical (unpaired) electrons. The number of methoxy groups -OCH3 is 1. The summed E-state index contributed by atoms with van der Waals surface area (Å²) in [7, 11) is 1.60. The topological polar surface area (TPSA) is 70.4 Å². The molecule has 0 amide bonds. The number of ketones is 1. The highest BCUT2D eigenvalue weighted by Crippen LogP contribution is 2.39. The number of benzene rings is 2. The Morgan fingerprint density at radius 2 is 1.79 bits per heavy atom. The Morgan fingerprint density at radius 1 is 1.09 bits per heavy atom. The third-order valence-corrected chi connectivity index (χ3v) is 6.16. The molecule has 7 heteroatoms. The van der Waals surface area contributed by atoms with Crippen LogP contribution in [0, 0.1) is 12.3 Å². The van der Waals surface area contributed by atoms with Crippen LogP contribution in [0.15, 0.2) is 60.8 Å². The summed E-state index contributed by atoms with van der Waals surface area (Å²) in [6.45, 7) is 7.43. The van der Waals surface area contributed by atoms with E-state index in [-0.39, 0.29) is 18.1 Å². The number of carbonyl (C=O) groups is 2. The summed E-state index contributed by atoms with van der Waals surface area (Å²) in [5, 5.41) is 4.56. The van der Waals surface area contributed by atoms with Crippen LogP contribution in [0.4, 0.5) is 0 Å². The number of thiol groups is 1. The number of ether oxygens (including phenoxy) is 2. The third-order valence-electron chi connectivity index (χ3n) is 5.55. The van der Waals surface area contributed by atoms with E-state index in [2.05, 4.69) is 17.7 Å². The first kappa shape index (κ1) is 24.6. The lowest BCUT2D eigenvalue weighted by Gasteiger charge is -2.32. The Balaban J connectivity index is 1.98. The number of aryl methyl sites for hydroxylation is 1. The van der Waals surface area contributed by atoms with Crippen molar-refractivity contribution < 1.29 is 19.1 Å². The van der Waals surface area contributed by atoms with Gasteiger partial charge in [0.1, 0.15) is 5.75 Å². The number of esters is 1.